The fraction of sp³-hybridized carbons (Fsp3) is 1.00. The molecular formula is C6H10BCl6F4O5S-. The molecule has 5 nitrogen and oxygen atoms in total. The van der Waals surface area contributed by atoms with Crippen LogP contribution in [0.4, 0.5) is 17.3 Å². The molecule has 0 bridgehead atoms. The second-order valence-electron chi connectivity index (χ2n) is 3.61. The first-order chi connectivity index (χ1) is 9.46. The molecule has 0 heterocycles. The number of halogens is 10. The summed E-state index contributed by atoms with van der Waals surface area (Å²) in [4.78, 5) is 0. The molecule has 23 heavy (non-hydrogen) atoms. The maximum absolute atomic E-state index is 9.75. The summed E-state index contributed by atoms with van der Waals surface area (Å²) >= 11 is 35.3. The molecule has 0 aromatic rings. The Morgan fingerprint density at radius 2 is 0.696 bits per heavy atom. The molecule has 144 valence electrons. The molecule has 0 aromatic heterocycles. The lowest BCUT2D eigenvalue weighted by atomic mass is 9.97. The third-order valence-corrected chi connectivity index (χ3v) is 5.86. The summed E-state index contributed by atoms with van der Waals surface area (Å²) in [6, 6.07) is 0. The van der Waals surface area contributed by atoms with E-state index in [4.69, 9.17) is 87.1 Å². The SMILES string of the molecule is Cl[C@H]1[C@H](Cl)[C@@H](Cl)[C@@H](Cl)[C@H](Cl)[C@H]1Cl.F[B-](F)(F)F.O.O=S(=O)(O)O. The Bertz CT molecular complexity index is 358. The van der Waals surface area contributed by atoms with Crippen molar-refractivity contribution in [1.29, 1.82) is 0 Å². The predicted molar refractivity (Wildman–Crippen MR) is 85.8 cm³/mol. The molecule has 0 aliphatic heterocycles. The van der Waals surface area contributed by atoms with Gasteiger partial charge in [0.2, 0.25) is 0 Å². The monoisotopic (exact) mass is 491 g/mol. The van der Waals surface area contributed by atoms with Crippen molar-refractivity contribution in [3.63, 3.8) is 0 Å². The molecule has 0 amide bonds. The zero-order valence-corrected chi connectivity index (χ0v) is 15.8. The highest BCUT2D eigenvalue weighted by atomic mass is 35.5. The summed E-state index contributed by atoms with van der Waals surface area (Å²) < 4.78 is 70.6. The van der Waals surface area contributed by atoms with E-state index in [9.17, 15) is 17.3 Å². The van der Waals surface area contributed by atoms with Crippen LogP contribution >= 0.6 is 69.6 Å². The normalized spacial score (nSPS) is 34.1. The van der Waals surface area contributed by atoms with E-state index in [1.54, 1.807) is 0 Å². The molecule has 4 N–H and O–H groups in total. The largest absolute Gasteiger partial charge is 0.673 e. The van der Waals surface area contributed by atoms with Crippen LogP contribution in [0.15, 0.2) is 0 Å². The molecule has 0 radical (unpaired) electrons. The standard InChI is InChI=1S/C6H6Cl6.BF4.H2O4S.H2O/c7-1-2(8)4(10)6(12)5(11)3(1)9;2-1(3,4)5;1-5(2,3)4;/h1-6H;;(H2,1,2,3,4);1H2/q;-1;;/t1-,2-,3-,4+,5+,6+;;;. The van der Waals surface area contributed by atoms with Crippen LogP contribution in [-0.2, 0) is 10.4 Å². The molecule has 0 unspecified atom stereocenters. The van der Waals surface area contributed by atoms with E-state index < -0.39 is 49.9 Å². The topological polar surface area (TPSA) is 106 Å². The van der Waals surface area contributed by atoms with Crippen molar-refractivity contribution in [2.75, 3.05) is 0 Å². The van der Waals surface area contributed by atoms with Gasteiger partial charge in [0.05, 0.1) is 32.3 Å². The molecular weight excluding hydrogens is 484 g/mol. The Hall–Kier alpha value is 1.35. The Morgan fingerprint density at radius 1 is 0.652 bits per heavy atom. The van der Waals surface area contributed by atoms with Crippen molar-refractivity contribution in [2.24, 2.45) is 0 Å². The second kappa shape index (κ2) is 11.9. The maximum atomic E-state index is 9.75. The van der Waals surface area contributed by atoms with Crippen LogP contribution < -0.4 is 0 Å². The van der Waals surface area contributed by atoms with Gasteiger partial charge in [-0.15, -0.1) is 69.6 Å². The van der Waals surface area contributed by atoms with E-state index in [0.717, 1.165) is 0 Å². The zero-order chi connectivity index (χ0) is 18.5. The van der Waals surface area contributed by atoms with Crippen molar-refractivity contribution < 1.29 is 40.3 Å². The van der Waals surface area contributed by atoms with Crippen LogP contribution in [0.1, 0.15) is 0 Å². The van der Waals surface area contributed by atoms with Gasteiger partial charge in [0, 0.05) is 0 Å². The van der Waals surface area contributed by atoms with Gasteiger partial charge in [0.25, 0.3) is 0 Å². The van der Waals surface area contributed by atoms with E-state index in [0.29, 0.717) is 0 Å². The van der Waals surface area contributed by atoms with Gasteiger partial charge in [0.15, 0.2) is 0 Å². The Labute approximate surface area is 159 Å². The summed E-state index contributed by atoms with van der Waals surface area (Å²) in [5.74, 6) is 0. The van der Waals surface area contributed by atoms with E-state index in [1.807, 2.05) is 0 Å². The van der Waals surface area contributed by atoms with Crippen LogP contribution in [0.5, 0.6) is 0 Å². The molecule has 1 rings (SSSR count). The Balaban J connectivity index is -0.000000307. The van der Waals surface area contributed by atoms with Gasteiger partial charge in [-0.2, -0.15) is 8.42 Å². The van der Waals surface area contributed by atoms with Gasteiger partial charge in [-0.25, -0.2) is 0 Å². The molecule has 0 saturated heterocycles. The number of rotatable bonds is 0. The first-order valence-corrected chi connectivity index (χ1v) is 8.90. The summed E-state index contributed by atoms with van der Waals surface area (Å²) in [5, 5.41) is -2.62. The van der Waals surface area contributed by atoms with Gasteiger partial charge in [-0.1, -0.05) is 0 Å². The third-order valence-electron chi connectivity index (χ3n) is 1.83. The van der Waals surface area contributed by atoms with Crippen LogP contribution in [0.2, 0.25) is 0 Å². The minimum Gasteiger partial charge on any atom is -0.418 e. The van der Waals surface area contributed by atoms with Crippen molar-refractivity contribution in [3.8, 4) is 0 Å². The van der Waals surface area contributed by atoms with E-state index in [2.05, 4.69) is 0 Å². The lowest BCUT2D eigenvalue weighted by molar-refractivity contribution is 0.368. The molecule has 1 saturated carbocycles. The lowest BCUT2D eigenvalue weighted by Gasteiger charge is -2.37. The summed E-state index contributed by atoms with van der Waals surface area (Å²) in [6.45, 7) is 0. The van der Waals surface area contributed by atoms with Crippen molar-refractivity contribution >= 4 is 87.3 Å². The van der Waals surface area contributed by atoms with E-state index >= 15 is 0 Å². The molecule has 17 heteroatoms. The van der Waals surface area contributed by atoms with Gasteiger partial charge < -0.3 is 22.7 Å². The quantitative estimate of drug-likeness (QED) is 0.233. The lowest BCUT2D eigenvalue weighted by Crippen LogP contribution is -2.52. The molecule has 1 fully saturated rings. The predicted octanol–water partition coefficient (Wildman–Crippen LogP) is 3.47. The average molecular weight is 494 g/mol. The minimum atomic E-state index is -6.00. The molecule has 0 spiro atoms. The molecule has 0 aromatic carbocycles. The van der Waals surface area contributed by atoms with Crippen LogP contribution in [0, 0.1) is 0 Å². The average Bonchev–Trinajstić information content (AvgIpc) is 2.27. The van der Waals surface area contributed by atoms with Crippen molar-refractivity contribution in [3.05, 3.63) is 0 Å². The van der Waals surface area contributed by atoms with E-state index in [1.165, 1.54) is 0 Å². The highest BCUT2D eigenvalue weighted by molar-refractivity contribution is 7.79. The second-order valence-corrected chi connectivity index (χ2v) is 7.53. The first-order valence-electron chi connectivity index (χ1n) is 4.88. The molecule has 1 aliphatic carbocycles. The number of alkyl halides is 6. The third kappa shape index (κ3) is 16.6. The van der Waals surface area contributed by atoms with Gasteiger partial charge in [-0.05, 0) is 0 Å². The van der Waals surface area contributed by atoms with E-state index in [-0.39, 0.29) is 5.48 Å². The summed E-state index contributed by atoms with van der Waals surface area (Å²) in [5.41, 5.74) is 0. The maximum Gasteiger partial charge on any atom is 0.673 e. The Morgan fingerprint density at radius 3 is 0.739 bits per heavy atom. The highest BCUT2D eigenvalue weighted by Gasteiger charge is 2.46. The number of hydrogen-bond donors (Lipinski definition) is 2. The molecule has 1 aliphatic rings. The van der Waals surface area contributed by atoms with Crippen molar-refractivity contribution in [1.82, 2.24) is 0 Å². The first kappa shape index (κ1) is 29.1. The number of hydrogen-bond acceptors (Lipinski definition) is 2. The zero-order valence-electron chi connectivity index (χ0n) is 10.4. The summed E-state index contributed by atoms with van der Waals surface area (Å²) in [7, 11) is -10.7. The van der Waals surface area contributed by atoms with Gasteiger partial charge in [-0.3, -0.25) is 9.11 Å². The minimum absolute atomic E-state index is 0. The fourth-order valence-electron chi connectivity index (χ4n) is 1.05. The molecule has 0 atom stereocenters. The van der Waals surface area contributed by atoms with Gasteiger partial charge >= 0.3 is 17.7 Å². The smallest absolute Gasteiger partial charge is 0.418 e. The van der Waals surface area contributed by atoms with Crippen LogP contribution in [0.25, 0.3) is 0 Å². The Kier molecular flexibility index (Phi) is 15.0. The van der Waals surface area contributed by atoms with Crippen LogP contribution in [0.3, 0.4) is 0 Å². The van der Waals surface area contributed by atoms with Gasteiger partial charge in [0.1, 0.15) is 0 Å². The fourth-order valence-corrected chi connectivity index (χ4v) is 3.38. The van der Waals surface area contributed by atoms with Crippen LogP contribution in [-0.4, -0.2) is 62.5 Å². The van der Waals surface area contributed by atoms with Crippen molar-refractivity contribution in [2.45, 2.75) is 32.3 Å². The highest BCUT2D eigenvalue weighted by Crippen LogP contribution is 2.39. The summed E-state index contributed by atoms with van der Waals surface area (Å²) in [6.07, 6.45) is 0.